The first-order valence-corrected chi connectivity index (χ1v) is 7.32. The minimum absolute atomic E-state index is 0.419. The molecule has 5 nitrogen and oxygen atoms in total. The van der Waals surface area contributed by atoms with Crippen molar-refractivity contribution >= 4 is 23.3 Å². The fourth-order valence-electron chi connectivity index (χ4n) is 1.90. The first-order valence-electron chi connectivity index (χ1n) is 6.38. The zero-order chi connectivity index (χ0) is 15.2. The number of hydrogen-bond donors (Lipinski definition) is 2. The Hall–Kier alpha value is -2.34. The first kappa shape index (κ1) is 15.1. The van der Waals surface area contributed by atoms with E-state index in [4.69, 9.17) is 0 Å². The van der Waals surface area contributed by atoms with Crippen molar-refractivity contribution in [1.29, 1.82) is 0 Å². The molecular formula is C15H16N2O3S. The van der Waals surface area contributed by atoms with Gasteiger partial charge in [-0.1, -0.05) is 30.3 Å². The van der Waals surface area contributed by atoms with E-state index in [1.807, 2.05) is 16.8 Å². The highest BCUT2D eigenvalue weighted by Gasteiger charge is 2.23. The molecule has 0 saturated heterocycles. The largest absolute Gasteiger partial charge is 0.479 e. The van der Waals surface area contributed by atoms with Crippen LogP contribution in [-0.2, 0) is 11.3 Å². The molecule has 0 aliphatic rings. The highest BCUT2D eigenvalue weighted by Crippen LogP contribution is 2.14. The lowest BCUT2D eigenvalue weighted by Gasteiger charge is -2.21. The SMILES string of the molecule is CN(Cc1ccsc1)C(=O)N[C@@H](C(=O)O)c1ccccc1. The molecule has 2 rings (SSSR count). The predicted octanol–water partition coefficient (Wildman–Crippen LogP) is 2.72. The maximum atomic E-state index is 12.1. The van der Waals surface area contributed by atoms with Crippen molar-refractivity contribution in [1.82, 2.24) is 10.2 Å². The third kappa shape index (κ3) is 4.06. The summed E-state index contributed by atoms with van der Waals surface area (Å²) >= 11 is 1.56. The number of nitrogens with zero attached hydrogens (tertiary/aromatic N) is 1. The summed E-state index contributed by atoms with van der Waals surface area (Å²) in [5.74, 6) is -1.08. The number of nitrogens with one attached hydrogen (secondary N) is 1. The Morgan fingerprint density at radius 1 is 1.29 bits per heavy atom. The normalized spacial score (nSPS) is 11.7. The molecule has 2 amide bonds. The van der Waals surface area contributed by atoms with Crippen LogP contribution < -0.4 is 5.32 Å². The van der Waals surface area contributed by atoms with E-state index in [0.717, 1.165) is 5.56 Å². The molecule has 0 fully saturated rings. The van der Waals surface area contributed by atoms with Crippen LogP contribution in [0.1, 0.15) is 17.2 Å². The van der Waals surface area contributed by atoms with Gasteiger partial charge in [-0.25, -0.2) is 9.59 Å². The minimum atomic E-state index is -1.08. The molecule has 0 radical (unpaired) electrons. The quantitative estimate of drug-likeness (QED) is 0.892. The second-order valence-corrected chi connectivity index (χ2v) is 5.40. The van der Waals surface area contributed by atoms with Crippen LogP contribution >= 0.6 is 11.3 Å². The van der Waals surface area contributed by atoms with Crippen molar-refractivity contribution in [3.05, 3.63) is 58.3 Å². The number of thiophene rings is 1. The molecule has 110 valence electrons. The van der Waals surface area contributed by atoms with Crippen LogP contribution in [0.2, 0.25) is 0 Å². The zero-order valence-corrected chi connectivity index (χ0v) is 12.3. The standard InChI is InChI=1S/C15H16N2O3S/c1-17(9-11-7-8-21-10-11)15(20)16-13(14(18)19)12-5-3-2-4-6-12/h2-8,10,13H,9H2,1H3,(H,16,20)(H,18,19)/t13-/m1/s1. The predicted molar refractivity (Wildman–Crippen MR) is 81.1 cm³/mol. The molecule has 0 unspecified atom stereocenters. The summed E-state index contributed by atoms with van der Waals surface area (Å²) < 4.78 is 0. The highest BCUT2D eigenvalue weighted by molar-refractivity contribution is 7.07. The summed E-state index contributed by atoms with van der Waals surface area (Å²) in [5, 5.41) is 15.7. The van der Waals surface area contributed by atoms with Gasteiger partial charge in [-0.05, 0) is 28.0 Å². The summed E-state index contributed by atoms with van der Waals surface area (Å²) in [5.41, 5.74) is 1.56. The number of carboxylic acids is 1. The number of urea groups is 1. The molecule has 1 atom stereocenters. The van der Waals surface area contributed by atoms with E-state index in [1.54, 1.807) is 48.7 Å². The molecule has 0 saturated carbocycles. The van der Waals surface area contributed by atoms with Crippen molar-refractivity contribution in [2.75, 3.05) is 7.05 Å². The maximum Gasteiger partial charge on any atom is 0.330 e. The number of carboxylic acid groups (broad SMARTS) is 1. The number of amides is 2. The van der Waals surface area contributed by atoms with Crippen LogP contribution in [0.5, 0.6) is 0 Å². The lowest BCUT2D eigenvalue weighted by molar-refractivity contribution is -0.139. The highest BCUT2D eigenvalue weighted by atomic mass is 32.1. The molecule has 1 aromatic heterocycles. The zero-order valence-electron chi connectivity index (χ0n) is 11.5. The van der Waals surface area contributed by atoms with Crippen molar-refractivity contribution < 1.29 is 14.7 Å². The van der Waals surface area contributed by atoms with Gasteiger partial charge in [0.2, 0.25) is 0 Å². The van der Waals surface area contributed by atoms with E-state index in [2.05, 4.69) is 5.32 Å². The molecule has 2 N–H and O–H groups in total. The molecule has 1 heterocycles. The minimum Gasteiger partial charge on any atom is -0.479 e. The van der Waals surface area contributed by atoms with Gasteiger partial charge in [-0.2, -0.15) is 11.3 Å². The molecule has 0 aliphatic heterocycles. The van der Waals surface area contributed by atoms with E-state index in [9.17, 15) is 14.7 Å². The average molecular weight is 304 g/mol. The van der Waals surface area contributed by atoms with Crippen LogP contribution in [0.4, 0.5) is 4.79 Å². The van der Waals surface area contributed by atoms with Crippen molar-refractivity contribution in [3.8, 4) is 0 Å². The van der Waals surface area contributed by atoms with Gasteiger partial charge in [0.25, 0.3) is 0 Å². The van der Waals surface area contributed by atoms with Gasteiger partial charge in [0.1, 0.15) is 0 Å². The molecule has 0 aliphatic carbocycles. The van der Waals surface area contributed by atoms with E-state index in [-0.39, 0.29) is 0 Å². The summed E-state index contributed by atoms with van der Waals surface area (Å²) in [7, 11) is 1.64. The summed E-state index contributed by atoms with van der Waals surface area (Å²) in [6.45, 7) is 0.441. The third-order valence-electron chi connectivity index (χ3n) is 2.99. The maximum absolute atomic E-state index is 12.1. The van der Waals surface area contributed by atoms with Crippen LogP contribution in [-0.4, -0.2) is 29.1 Å². The molecular weight excluding hydrogens is 288 g/mol. The topological polar surface area (TPSA) is 69.6 Å². The van der Waals surface area contributed by atoms with Crippen molar-refractivity contribution in [2.24, 2.45) is 0 Å². The summed E-state index contributed by atoms with van der Waals surface area (Å²) in [6, 6.07) is 9.10. The number of aliphatic carboxylic acids is 1. The Labute approximate surface area is 126 Å². The van der Waals surface area contributed by atoms with Gasteiger partial charge in [-0.3, -0.25) is 0 Å². The lowest BCUT2D eigenvalue weighted by atomic mass is 10.1. The fraction of sp³-hybridized carbons (Fsp3) is 0.200. The number of benzene rings is 1. The lowest BCUT2D eigenvalue weighted by Crippen LogP contribution is -2.41. The number of hydrogen-bond acceptors (Lipinski definition) is 3. The fourth-order valence-corrected chi connectivity index (χ4v) is 2.55. The average Bonchev–Trinajstić information content (AvgIpc) is 2.98. The van der Waals surface area contributed by atoms with E-state index >= 15 is 0 Å². The van der Waals surface area contributed by atoms with Gasteiger partial charge >= 0.3 is 12.0 Å². The van der Waals surface area contributed by atoms with Gasteiger partial charge in [0.15, 0.2) is 6.04 Å². The number of carbonyl (C=O) groups excluding carboxylic acids is 1. The summed E-state index contributed by atoms with van der Waals surface area (Å²) in [4.78, 5) is 24.9. The molecule has 0 spiro atoms. The van der Waals surface area contributed by atoms with Crippen molar-refractivity contribution in [3.63, 3.8) is 0 Å². The Kier molecular flexibility index (Phi) is 4.94. The van der Waals surface area contributed by atoms with Gasteiger partial charge in [0, 0.05) is 13.6 Å². The molecule has 21 heavy (non-hydrogen) atoms. The number of rotatable bonds is 5. The Morgan fingerprint density at radius 2 is 2.00 bits per heavy atom. The van der Waals surface area contributed by atoms with E-state index in [1.165, 1.54) is 4.90 Å². The monoisotopic (exact) mass is 304 g/mol. The smallest absolute Gasteiger partial charge is 0.330 e. The second-order valence-electron chi connectivity index (χ2n) is 4.62. The Balaban J connectivity index is 2.03. The Morgan fingerprint density at radius 3 is 2.57 bits per heavy atom. The molecule has 2 aromatic rings. The first-order chi connectivity index (χ1) is 10.1. The molecule has 1 aromatic carbocycles. The van der Waals surface area contributed by atoms with Crippen LogP contribution in [0.15, 0.2) is 47.2 Å². The van der Waals surface area contributed by atoms with Crippen LogP contribution in [0, 0.1) is 0 Å². The van der Waals surface area contributed by atoms with Crippen molar-refractivity contribution in [2.45, 2.75) is 12.6 Å². The van der Waals surface area contributed by atoms with E-state index in [0.29, 0.717) is 12.1 Å². The second kappa shape index (κ2) is 6.90. The Bertz CT molecular complexity index is 599. The van der Waals surface area contributed by atoms with E-state index < -0.39 is 18.0 Å². The van der Waals surface area contributed by atoms with Gasteiger partial charge < -0.3 is 15.3 Å². The molecule has 0 bridgehead atoms. The van der Waals surface area contributed by atoms with Crippen LogP contribution in [0.25, 0.3) is 0 Å². The van der Waals surface area contributed by atoms with Gasteiger partial charge in [0.05, 0.1) is 0 Å². The summed E-state index contributed by atoms with van der Waals surface area (Å²) in [6.07, 6.45) is 0. The number of carbonyl (C=O) groups is 2. The third-order valence-corrected chi connectivity index (χ3v) is 3.73. The molecule has 6 heteroatoms. The van der Waals surface area contributed by atoms with Gasteiger partial charge in [-0.15, -0.1) is 0 Å². The van der Waals surface area contributed by atoms with Crippen LogP contribution in [0.3, 0.4) is 0 Å².